The van der Waals surface area contributed by atoms with Gasteiger partial charge in [0.15, 0.2) is 17.3 Å². The molecule has 3 aromatic rings. The number of halogens is 7. The first-order valence-electron chi connectivity index (χ1n) is 9.24. The molecule has 6 nitrogen and oxygen atoms in total. The summed E-state index contributed by atoms with van der Waals surface area (Å²) in [6.07, 6.45) is -10.6. The quantitative estimate of drug-likeness (QED) is 0.286. The summed E-state index contributed by atoms with van der Waals surface area (Å²) in [6.45, 7) is 1.57. The maximum Gasteiger partial charge on any atom is 0.573 e. The van der Waals surface area contributed by atoms with Gasteiger partial charge in [0.25, 0.3) is 0 Å². The van der Waals surface area contributed by atoms with Gasteiger partial charge < -0.3 is 18.7 Å². The van der Waals surface area contributed by atoms with Crippen molar-refractivity contribution in [2.45, 2.75) is 25.9 Å². The van der Waals surface area contributed by atoms with E-state index in [1.807, 2.05) is 0 Å². The Morgan fingerprint density at radius 3 is 2.26 bits per heavy atom. The molecule has 0 spiro atoms. The van der Waals surface area contributed by atoms with Crippen LogP contribution < -0.4 is 14.2 Å². The maximum atomic E-state index is 14.2. The smallest absolute Gasteiger partial charge is 0.493 e. The Kier molecular flexibility index (Phi) is 6.75. The molecule has 0 radical (unpaired) electrons. The lowest BCUT2D eigenvalue weighted by molar-refractivity contribution is -0.274. The van der Waals surface area contributed by atoms with Gasteiger partial charge in [-0.3, -0.25) is 4.79 Å². The van der Waals surface area contributed by atoms with Crippen LogP contribution >= 0.6 is 0 Å². The van der Waals surface area contributed by atoms with Crippen molar-refractivity contribution >= 4 is 5.78 Å². The summed E-state index contributed by atoms with van der Waals surface area (Å²) < 4.78 is 110. The number of benzene rings is 2. The van der Waals surface area contributed by atoms with Crippen molar-refractivity contribution in [1.82, 2.24) is 5.16 Å². The van der Waals surface area contributed by atoms with Crippen LogP contribution in [0, 0.1) is 12.7 Å². The highest BCUT2D eigenvalue weighted by Crippen LogP contribution is 2.41. The first kappa shape index (κ1) is 24.9. The number of aryl methyl sites for hydroxylation is 1. The summed E-state index contributed by atoms with van der Waals surface area (Å²) >= 11 is 0. The topological polar surface area (TPSA) is 70.8 Å². The van der Waals surface area contributed by atoms with Crippen molar-refractivity contribution in [2.24, 2.45) is 0 Å². The second-order valence-electron chi connectivity index (χ2n) is 6.82. The monoisotopic (exact) mass is 493 g/mol. The van der Waals surface area contributed by atoms with Gasteiger partial charge in [0.2, 0.25) is 0 Å². The Balaban J connectivity index is 2.04. The second-order valence-corrected chi connectivity index (χ2v) is 6.82. The van der Waals surface area contributed by atoms with E-state index in [1.165, 1.54) is 6.07 Å². The molecule has 182 valence electrons. The third kappa shape index (κ3) is 5.97. The minimum Gasteiger partial charge on any atom is -0.493 e. The fourth-order valence-corrected chi connectivity index (χ4v) is 2.87. The average Bonchev–Trinajstić information content (AvgIpc) is 3.12. The van der Waals surface area contributed by atoms with E-state index in [2.05, 4.69) is 9.89 Å². The maximum absolute atomic E-state index is 14.2. The largest absolute Gasteiger partial charge is 0.573 e. The van der Waals surface area contributed by atoms with Crippen LogP contribution in [0.25, 0.3) is 0 Å². The normalized spacial score (nSPS) is 11.9. The third-order valence-corrected chi connectivity index (χ3v) is 4.28. The zero-order valence-corrected chi connectivity index (χ0v) is 17.3. The number of hydrogen-bond acceptors (Lipinski definition) is 6. The van der Waals surface area contributed by atoms with Crippen LogP contribution in [-0.4, -0.2) is 24.4 Å². The summed E-state index contributed by atoms with van der Waals surface area (Å²) in [4.78, 5) is 12.7. The molecule has 3 rings (SSSR count). The molecule has 0 aliphatic rings. The first-order valence-corrected chi connectivity index (χ1v) is 9.24. The van der Waals surface area contributed by atoms with Crippen molar-refractivity contribution in [3.63, 3.8) is 0 Å². The van der Waals surface area contributed by atoms with Gasteiger partial charge >= 0.3 is 12.5 Å². The number of Topliss-reactive ketones (excluding diaryl/α,β-unsaturated/α-hetero) is 1. The van der Waals surface area contributed by atoms with Crippen molar-refractivity contribution < 1.29 is 54.3 Å². The summed E-state index contributed by atoms with van der Waals surface area (Å²) in [5.41, 5.74) is -1.86. The van der Waals surface area contributed by atoms with Crippen LogP contribution in [-0.2, 0) is 12.6 Å². The van der Waals surface area contributed by atoms with E-state index in [1.54, 1.807) is 6.92 Å². The standard InChI is InChI=1S/C21H14F7NO5/c1-10-5-12(34-29-10)6-16(30)13-8-15(22)14(20(23,24)25)9-18(13)32-17-4-3-11(7-19(17)31-2)33-21(26,27)28/h3-5,7-9H,6H2,1-2H3. The number of hydrogen-bond donors (Lipinski definition) is 0. The number of nitrogens with zero attached hydrogens (tertiary/aromatic N) is 1. The number of carbonyl (C=O) groups is 1. The van der Waals surface area contributed by atoms with Gasteiger partial charge in [0, 0.05) is 12.1 Å². The molecule has 0 atom stereocenters. The summed E-state index contributed by atoms with van der Waals surface area (Å²) in [5, 5.41) is 3.58. The highest BCUT2D eigenvalue weighted by Gasteiger charge is 2.36. The van der Waals surface area contributed by atoms with Crippen molar-refractivity contribution in [1.29, 1.82) is 0 Å². The zero-order valence-electron chi connectivity index (χ0n) is 17.3. The fourth-order valence-electron chi connectivity index (χ4n) is 2.87. The molecule has 0 saturated heterocycles. The second kappa shape index (κ2) is 9.23. The van der Waals surface area contributed by atoms with Gasteiger partial charge in [0.05, 0.1) is 30.4 Å². The Labute approximate surface area is 186 Å². The summed E-state index contributed by atoms with van der Waals surface area (Å²) in [6, 6.07) is 4.55. The van der Waals surface area contributed by atoms with Gasteiger partial charge in [0.1, 0.15) is 23.1 Å². The highest BCUT2D eigenvalue weighted by molar-refractivity contribution is 6.00. The minimum absolute atomic E-state index is 0.0694. The van der Waals surface area contributed by atoms with Crippen LogP contribution in [0.1, 0.15) is 27.4 Å². The molecule has 13 heteroatoms. The van der Waals surface area contributed by atoms with Crippen molar-refractivity contribution in [3.8, 4) is 23.0 Å². The predicted molar refractivity (Wildman–Crippen MR) is 100 cm³/mol. The molecule has 1 heterocycles. The Morgan fingerprint density at radius 1 is 1.00 bits per heavy atom. The van der Waals surface area contributed by atoms with E-state index in [4.69, 9.17) is 14.0 Å². The Bertz CT molecular complexity index is 1200. The average molecular weight is 493 g/mol. The number of aromatic nitrogens is 1. The molecule has 0 aliphatic carbocycles. The molecule has 0 unspecified atom stereocenters. The Hall–Kier alpha value is -3.77. The number of rotatable bonds is 7. The Morgan fingerprint density at radius 2 is 1.71 bits per heavy atom. The van der Waals surface area contributed by atoms with E-state index >= 15 is 0 Å². The van der Waals surface area contributed by atoms with Crippen molar-refractivity contribution in [2.75, 3.05) is 7.11 Å². The predicted octanol–water partition coefficient (Wildman–Crippen LogP) is 6.27. The number of ketones is 1. The van der Waals surface area contributed by atoms with Crippen LogP contribution in [0.5, 0.6) is 23.0 Å². The molecular weight excluding hydrogens is 479 g/mol. The van der Waals surface area contributed by atoms with Gasteiger partial charge in [-0.05, 0) is 31.2 Å². The summed E-state index contributed by atoms with van der Waals surface area (Å²) in [7, 11) is 1.06. The zero-order chi connectivity index (χ0) is 25.3. The molecule has 0 saturated carbocycles. The van der Waals surface area contributed by atoms with Crippen LogP contribution in [0.3, 0.4) is 0 Å². The van der Waals surface area contributed by atoms with E-state index in [-0.39, 0.29) is 23.3 Å². The number of methoxy groups -OCH3 is 1. The lowest BCUT2D eigenvalue weighted by Gasteiger charge is -2.17. The third-order valence-electron chi connectivity index (χ3n) is 4.28. The molecule has 1 aromatic heterocycles. The van der Waals surface area contributed by atoms with Gasteiger partial charge in [-0.25, -0.2) is 4.39 Å². The highest BCUT2D eigenvalue weighted by atomic mass is 19.4. The van der Waals surface area contributed by atoms with Crippen LogP contribution in [0.4, 0.5) is 30.7 Å². The first-order chi connectivity index (χ1) is 15.8. The van der Waals surface area contributed by atoms with E-state index in [0.717, 1.165) is 25.3 Å². The number of ether oxygens (including phenoxy) is 3. The van der Waals surface area contributed by atoms with Crippen molar-refractivity contribution in [3.05, 3.63) is 64.8 Å². The molecule has 2 aromatic carbocycles. The summed E-state index contributed by atoms with van der Waals surface area (Å²) in [5.74, 6) is -4.64. The molecule has 0 aliphatic heterocycles. The van der Waals surface area contributed by atoms with E-state index in [0.29, 0.717) is 11.8 Å². The minimum atomic E-state index is -5.12. The molecule has 0 amide bonds. The molecule has 34 heavy (non-hydrogen) atoms. The van der Waals surface area contributed by atoms with Gasteiger partial charge in [-0.2, -0.15) is 13.2 Å². The molecule has 0 bridgehead atoms. The lowest BCUT2D eigenvalue weighted by Crippen LogP contribution is -2.17. The van der Waals surface area contributed by atoms with E-state index in [9.17, 15) is 35.5 Å². The fraction of sp³-hybridized carbons (Fsp3) is 0.238. The number of alkyl halides is 6. The van der Waals surface area contributed by atoms with Gasteiger partial charge in [-0.15, -0.1) is 13.2 Å². The van der Waals surface area contributed by atoms with Gasteiger partial charge in [-0.1, -0.05) is 5.16 Å². The SMILES string of the molecule is COc1cc(OC(F)(F)F)ccc1Oc1cc(C(F)(F)F)c(F)cc1C(=O)Cc1cc(C)no1. The lowest BCUT2D eigenvalue weighted by atomic mass is 10.0. The van der Waals surface area contributed by atoms with Crippen LogP contribution in [0.2, 0.25) is 0 Å². The molecular formula is C21H14F7NO5. The molecule has 0 N–H and O–H groups in total. The van der Waals surface area contributed by atoms with E-state index < -0.39 is 53.2 Å². The number of carbonyl (C=O) groups excluding carboxylic acids is 1. The van der Waals surface area contributed by atoms with Crippen LogP contribution in [0.15, 0.2) is 40.9 Å². The molecule has 0 fully saturated rings.